The van der Waals surface area contributed by atoms with Gasteiger partial charge in [0.25, 0.3) is 0 Å². The number of rotatable bonds is 6. The van der Waals surface area contributed by atoms with E-state index in [1.54, 1.807) is 14.1 Å². The van der Waals surface area contributed by atoms with Crippen molar-refractivity contribution in [2.45, 2.75) is 37.1 Å². The number of quaternary nitrogens is 1. The minimum Gasteiger partial charge on any atom is -0.479 e. The van der Waals surface area contributed by atoms with Gasteiger partial charge in [-0.3, -0.25) is 0 Å². The van der Waals surface area contributed by atoms with Gasteiger partial charge in [-0.1, -0.05) is 66.8 Å². The second-order valence-electron chi connectivity index (χ2n) is 9.05. The van der Waals surface area contributed by atoms with E-state index in [0.29, 0.717) is 13.0 Å². The molecule has 34 heavy (non-hydrogen) atoms. The van der Waals surface area contributed by atoms with Crippen molar-refractivity contribution < 1.29 is 39.4 Å². The van der Waals surface area contributed by atoms with Crippen LogP contribution in [0.2, 0.25) is 0 Å². The number of hydrogen-bond acceptors (Lipinski definition) is 6. The van der Waals surface area contributed by atoms with Gasteiger partial charge in [-0.2, -0.15) is 9.48 Å². The highest BCUT2D eigenvalue weighted by Crippen LogP contribution is 2.34. The van der Waals surface area contributed by atoms with E-state index in [1.807, 2.05) is 24.3 Å². The summed E-state index contributed by atoms with van der Waals surface area (Å²) in [6.07, 6.45) is -1.18. The molecule has 1 fully saturated rings. The third-order valence-corrected chi connectivity index (χ3v) is 6.16. The van der Waals surface area contributed by atoms with Crippen molar-refractivity contribution in [2.75, 3.05) is 20.6 Å². The number of benzene rings is 2. The van der Waals surface area contributed by atoms with Crippen molar-refractivity contribution in [2.24, 2.45) is 0 Å². The molecule has 180 valence electrons. The zero-order chi connectivity index (χ0) is 24.5. The van der Waals surface area contributed by atoms with E-state index in [0.717, 1.165) is 27.8 Å². The predicted octanol–water partition coefficient (Wildman–Crippen LogP) is 1.89. The molecule has 1 aliphatic carbocycles. The Labute approximate surface area is 198 Å². The van der Waals surface area contributed by atoms with Crippen LogP contribution in [0.1, 0.15) is 28.7 Å². The lowest BCUT2D eigenvalue weighted by Crippen LogP contribution is -2.62. The van der Waals surface area contributed by atoms with Gasteiger partial charge in [0.05, 0.1) is 14.1 Å². The molecular formula is C26H30NO7+. The Hall–Kier alpha value is -2.85. The van der Waals surface area contributed by atoms with Crippen LogP contribution in [-0.2, 0) is 14.4 Å². The van der Waals surface area contributed by atoms with Gasteiger partial charge in [0.2, 0.25) is 6.29 Å². The number of carbonyl (C=O) groups is 1. The lowest BCUT2D eigenvalue weighted by atomic mass is 9.93. The van der Waals surface area contributed by atoms with Gasteiger partial charge >= 0.3 is 5.97 Å². The van der Waals surface area contributed by atoms with Crippen molar-refractivity contribution in [1.82, 2.24) is 0 Å². The van der Waals surface area contributed by atoms with Gasteiger partial charge in [0.1, 0.15) is 24.9 Å². The normalized spacial score (nSPS) is 26.4. The van der Waals surface area contributed by atoms with Crippen molar-refractivity contribution in [1.29, 1.82) is 0 Å². The summed E-state index contributed by atoms with van der Waals surface area (Å²) in [6, 6.07) is 16.4. The average Bonchev–Trinajstić information content (AvgIpc) is 2.96. The fourth-order valence-electron chi connectivity index (χ4n) is 4.31. The van der Waals surface area contributed by atoms with Crippen LogP contribution in [0.15, 0.2) is 54.6 Å². The molecule has 0 radical (unpaired) electrons. The first-order chi connectivity index (χ1) is 16.2. The van der Waals surface area contributed by atoms with Gasteiger partial charge in [0.15, 0.2) is 6.10 Å². The minimum atomic E-state index is -1.75. The molecule has 4 N–H and O–H groups in total. The molecule has 0 saturated carbocycles. The highest BCUT2D eigenvalue weighted by Gasteiger charge is 2.49. The Morgan fingerprint density at radius 2 is 1.50 bits per heavy atom. The molecule has 8 nitrogen and oxygen atoms in total. The summed E-state index contributed by atoms with van der Waals surface area (Å²) < 4.78 is 5.20. The molecule has 0 amide bonds. The summed E-state index contributed by atoms with van der Waals surface area (Å²) in [5.74, 6) is -1.44. The molecule has 1 saturated heterocycles. The molecule has 2 aliphatic rings. The van der Waals surface area contributed by atoms with Crippen molar-refractivity contribution in [3.8, 4) is 0 Å². The van der Waals surface area contributed by atoms with E-state index >= 15 is 0 Å². The molecule has 4 rings (SSSR count). The third kappa shape index (κ3) is 4.97. The largest absolute Gasteiger partial charge is 0.479 e. The van der Waals surface area contributed by atoms with E-state index in [9.17, 15) is 25.2 Å². The molecule has 2 aromatic rings. The summed E-state index contributed by atoms with van der Waals surface area (Å²) in [7, 11) is 3.50. The topological polar surface area (TPSA) is 116 Å². The Kier molecular flexibility index (Phi) is 6.99. The number of ether oxygens (including phenoxy) is 1. The van der Waals surface area contributed by atoms with Gasteiger partial charge < -0.3 is 25.2 Å². The van der Waals surface area contributed by atoms with Gasteiger partial charge in [-0.05, 0) is 27.8 Å². The first-order valence-corrected chi connectivity index (χ1v) is 11.2. The summed E-state index contributed by atoms with van der Waals surface area (Å²) in [6.45, 7) is 0.476. The standard InChI is InChI=1S/C26H29NO7/c1-27(2,34-26-23(30)21(28)22(29)24(33-26)25(31)32)15-7-12-20-18-10-5-3-8-16(18)13-14-17-9-4-6-11-19(17)20/h3-6,8-14,21-24,26,28-30H,7,15H2,1-2H3/p+1. The SMILES string of the molecule is C[N+](C)(CCC=C1c2ccccc2C=Cc2ccccc21)OC1OC(C(=O)O)C(O)C(O)C1O. The highest BCUT2D eigenvalue weighted by molar-refractivity contribution is 5.93. The lowest BCUT2D eigenvalue weighted by Gasteiger charge is -2.40. The van der Waals surface area contributed by atoms with E-state index < -0.39 is 36.7 Å². The smallest absolute Gasteiger partial charge is 0.335 e. The van der Waals surface area contributed by atoms with Crippen molar-refractivity contribution >= 4 is 23.7 Å². The van der Waals surface area contributed by atoms with E-state index in [-0.39, 0.29) is 4.65 Å². The fraction of sp³-hybridized carbons (Fsp3) is 0.346. The molecule has 1 heterocycles. The van der Waals surface area contributed by atoms with Crippen LogP contribution in [0.3, 0.4) is 0 Å². The molecule has 2 aromatic carbocycles. The highest BCUT2D eigenvalue weighted by atomic mass is 16.8. The summed E-state index contributed by atoms with van der Waals surface area (Å²) in [5, 5.41) is 39.4. The number of aliphatic carboxylic acids is 1. The minimum absolute atomic E-state index is 0.0673. The number of fused-ring (bicyclic) bond motifs is 2. The van der Waals surface area contributed by atoms with Gasteiger partial charge in [-0.25, -0.2) is 4.79 Å². The number of carboxylic acid groups (broad SMARTS) is 1. The summed E-state index contributed by atoms with van der Waals surface area (Å²) in [4.78, 5) is 17.2. The quantitative estimate of drug-likeness (QED) is 0.323. The first kappa shape index (κ1) is 24.3. The zero-order valence-electron chi connectivity index (χ0n) is 19.1. The van der Waals surface area contributed by atoms with Crippen molar-refractivity contribution in [3.05, 3.63) is 76.9 Å². The predicted molar refractivity (Wildman–Crippen MR) is 126 cm³/mol. The number of aliphatic hydroxyl groups excluding tert-OH is 3. The van der Waals surface area contributed by atoms with Crippen LogP contribution < -0.4 is 0 Å². The van der Waals surface area contributed by atoms with Crippen LogP contribution in [-0.4, -0.2) is 82.4 Å². The van der Waals surface area contributed by atoms with E-state index in [1.165, 1.54) is 0 Å². The Bertz CT molecular complexity index is 1060. The molecule has 1 aliphatic heterocycles. The van der Waals surface area contributed by atoms with E-state index in [2.05, 4.69) is 42.5 Å². The zero-order valence-corrected chi connectivity index (χ0v) is 19.1. The molecule has 8 heteroatoms. The average molecular weight is 469 g/mol. The first-order valence-electron chi connectivity index (χ1n) is 11.2. The summed E-state index contributed by atoms with van der Waals surface area (Å²) in [5.41, 5.74) is 5.61. The lowest BCUT2D eigenvalue weighted by molar-refractivity contribution is -1.09. The molecule has 5 unspecified atom stereocenters. The van der Waals surface area contributed by atoms with Crippen LogP contribution in [0.4, 0.5) is 0 Å². The molecule has 0 aromatic heterocycles. The van der Waals surface area contributed by atoms with Crippen LogP contribution in [0, 0.1) is 0 Å². The Balaban J connectivity index is 1.52. The van der Waals surface area contributed by atoms with Crippen LogP contribution >= 0.6 is 0 Å². The van der Waals surface area contributed by atoms with Crippen molar-refractivity contribution in [3.63, 3.8) is 0 Å². The van der Waals surface area contributed by atoms with Gasteiger partial charge in [0, 0.05) is 6.42 Å². The molecule has 5 atom stereocenters. The second kappa shape index (κ2) is 9.79. The Morgan fingerprint density at radius 3 is 2.06 bits per heavy atom. The maximum Gasteiger partial charge on any atom is 0.335 e. The number of hydrogen-bond donors (Lipinski definition) is 4. The number of nitrogens with zero attached hydrogens (tertiary/aromatic N) is 1. The third-order valence-electron chi connectivity index (χ3n) is 6.16. The molecule has 0 bridgehead atoms. The maximum atomic E-state index is 11.4. The fourth-order valence-corrected chi connectivity index (χ4v) is 4.31. The molecular weight excluding hydrogens is 438 g/mol. The van der Waals surface area contributed by atoms with E-state index in [4.69, 9.17) is 9.57 Å². The van der Waals surface area contributed by atoms with Gasteiger partial charge in [-0.15, -0.1) is 0 Å². The number of aliphatic hydroxyl groups is 3. The summed E-state index contributed by atoms with van der Waals surface area (Å²) >= 11 is 0. The molecule has 0 spiro atoms. The number of carboxylic acids is 1. The Morgan fingerprint density at radius 1 is 0.941 bits per heavy atom. The van der Waals surface area contributed by atoms with Crippen LogP contribution in [0.25, 0.3) is 17.7 Å². The van der Waals surface area contributed by atoms with Crippen LogP contribution in [0.5, 0.6) is 0 Å². The maximum absolute atomic E-state index is 11.4. The monoisotopic (exact) mass is 468 g/mol. The number of hydroxylamine groups is 3. The second-order valence-corrected chi connectivity index (χ2v) is 9.05.